The summed E-state index contributed by atoms with van der Waals surface area (Å²) in [5, 5.41) is 22.4. The first kappa shape index (κ1) is 81.0. The average molecular weight is 1230 g/mol. The third kappa shape index (κ3) is 38.1. The Balaban J connectivity index is 7.39. The number of rotatable bonds is 56. The number of ether oxygens (including phenoxy) is 1. The summed E-state index contributed by atoms with van der Waals surface area (Å²) < 4.78 is 5.72. The zero-order valence-corrected chi connectivity index (χ0v) is 56.0. The smallest absolute Gasteiger partial charge is 0.305 e. The molecule has 0 aromatic heterocycles. The Labute approximate surface area is 521 Å². The van der Waals surface area contributed by atoms with Crippen LogP contribution in [0.1, 0.15) is 229 Å². The van der Waals surface area contributed by atoms with E-state index in [-0.39, 0.29) is 101 Å². The molecule has 0 bridgehead atoms. The van der Waals surface area contributed by atoms with Gasteiger partial charge in [0.1, 0.15) is 6.61 Å². The van der Waals surface area contributed by atoms with Crippen molar-refractivity contribution in [1.29, 1.82) is 0 Å². The molecule has 496 valence electrons. The summed E-state index contributed by atoms with van der Waals surface area (Å²) in [6.45, 7) is 16.1. The van der Waals surface area contributed by atoms with E-state index in [0.29, 0.717) is 19.4 Å². The van der Waals surface area contributed by atoms with E-state index in [0.717, 1.165) is 116 Å². The summed E-state index contributed by atoms with van der Waals surface area (Å²) in [6.07, 6.45) is 23.7. The fourth-order valence-electron chi connectivity index (χ4n) is 10.6. The molecule has 0 aliphatic heterocycles. The molecule has 0 rings (SSSR count). The standard InChI is InChI=1S/C65H124N8O11S/c1-10-19-24-25-26-27-28-29-30-35-65(83)84-38-36-68(60(78)48-71(42-54(16-7)32-21-12-3)59(77)40-67-57(51-74)52-75)46-63(81)73(44-56(18-9)34-23-14-5)50-64(82)72(43-55(17-8)33-22-13-4)49-61(79)69(37-39-85)47-62(80)70(45-58(66)76)41-53(15-6)31-20-11-2/h53-57,67,74-75,85H,10-52H2,1-9H3,(H2,66,76). The number of amides is 7. The summed E-state index contributed by atoms with van der Waals surface area (Å²) in [6, 6.07) is -0.750. The molecule has 20 heteroatoms. The van der Waals surface area contributed by atoms with E-state index in [9.17, 15) is 39.0 Å². The maximum absolute atomic E-state index is 15.2. The minimum Gasteiger partial charge on any atom is -0.464 e. The number of primary amides is 1. The molecule has 5 N–H and O–H groups in total. The van der Waals surface area contributed by atoms with E-state index in [2.05, 4.69) is 52.6 Å². The minimum absolute atomic E-state index is 0.00297. The Morgan fingerprint density at radius 1 is 0.424 bits per heavy atom. The first-order valence-corrected chi connectivity index (χ1v) is 34.2. The van der Waals surface area contributed by atoms with E-state index in [1.807, 2.05) is 27.7 Å². The lowest BCUT2D eigenvalue weighted by molar-refractivity contribution is -0.150. The molecule has 0 saturated carbocycles. The van der Waals surface area contributed by atoms with E-state index in [1.54, 1.807) is 0 Å². The van der Waals surface area contributed by atoms with E-state index < -0.39 is 86.2 Å². The molecule has 0 heterocycles. The van der Waals surface area contributed by atoms with Gasteiger partial charge in [-0.2, -0.15) is 12.6 Å². The Hall–Kier alpha value is -4.01. The van der Waals surface area contributed by atoms with Crippen LogP contribution in [0.15, 0.2) is 0 Å². The molecular formula is C65H124N8O11S. The van der Waals surface area contributed by atoms with Crippen molar-refractivity contribution in [1.82, 2.24) is 34.7 Å². The molecule has 0 radical (unpaired) electrons. The van der Waals surface area contributed by atoms with Gasteiger partial charge in [-0.3, -0.25) is 38.4 Å². The fourth-order valence-corrected chi connectivity index (χ4v) is 10.8. The summed E-state index contributed by atoms with van der Waals surface area (Å²) in [4.78, 5) is 122. The van der Waals surface area contributed by atoms with Gasteiger partial charge in [-0.15, -0.1) is 0 Å². The first-order chi connectivity index (χ1) is 40.9. The van der Waals surface area contributed by atoms with Crippen LogP contribution < -0.4 is 11.1 Å². The number of nitrogens with one attached hydrogen (secondary N) is 1. The third-order valence-electron chi connectivity index (χ3n) is 16.6. The molecule has 85 heavy (non-hydrogen) atoms. The third-order valence-corrected chi connectivity index (χ3v) is 16.8. The van der Waals surface area contributed by atoms with Crippen molar-refractivity contribution in [2.75, 3.05) is 111 Å². The molecule has 7 amide bonds. The average Bonchev–Trinajstić information content (AvgIpc) is 3.70. The fraction of sp³-hybridized carbons (Fsp3) is 0.877. The van der Waals surface area contributed by atoms with Crippen LogP contribution >= 0.6 is 12.6 Å². The van der Waals surface area contributed by atoms with Crippen LogP contribution in [0.3, 0.4) is 0 Å². The Bertz CT molecular complexity index is 1810. The van der Waals surface area contributed by atoms with Gasteiger partial charge in [0.15, 0.2) is 0 Å². The highest BCUT2D eigenvalue weighted by atomic mass is 32.1. The second-order valence-electron chi connectivity index (χ2n) is 23.8. The van der Waals surface area contributed by atoms with E-state index in [4.69, 9.17) is 10.5 Å². The number of esters is 1. The summed E-state index contributed by atoms with van der Waals surface area (Å²) in [7, 11) is 0. The number of aliphatic hydroxyl groups is 2. The molecule has 0 saturated heterocycles. The van der Waals surface area contributed by atoms with Crippen LogP contribution in [0.5, 0.6) is 0 Å². The van der Waals surface area contributed by atoms with Gasteiger partial charge in [-0.25, -0.2) is 0 Å². The molecule has 4 unspecified atom stereocenters. The van der Waals surface area contributed by atoms with Gasteiger partial charge in [-0.05, 0) is 55.8 Å². The first-order valence-electron chi connectivity index (χ1n) is 33.5. The number of aliphatic hydroxyl groups excluding tert-OH is 2. The second kappa shape index (κ2) is 52.0. The van der Waals surface area contributed by atoms with Crippen LogP contribution in [0.4, 0.5) is 0 Å². The topological polar surface area (TPSA) is 244 Å². The van der Waals surface area contributed by atoms with Crippen molar-refractivity contribution >= 4 is 59.9 Å². The minimum atomic E-state index is -0.750. The quantitative estimate of drug-likeness (QED) is 0.0218. The highest BCUT2D eigenvalue weighted by Gasteiger charge is 2.32. The van der Waals surface area contributed by atoms with Crippen LogP contribution in [-0.2, 0) is 43.1 Å². The number of nitrogens with zero attached hydrogens (tertiary/aromatic N) is 6. The zero-order chi connectivity index (χ0) is 63.8. The van der Waals surface area contributed by atoms with Crippen molar-refractivity contribution in [3.05, 3.63) is 0 Å². The Morgan fingerprint density at radius 3 is 1.08 bits per heavy atom. The summed E-state index contributed by atoms with van der Waals surface area (Å²) in [5.41, 5.74) is 5.65. The van der Waals surface area contributed by atoms with Crippen molar-refractivity contribution in [3.63, 3.8) is 0 Å². The highest BCUT2D eigenvalue weighted by Crippen LogP contribution is 2.21. The molecule has 0 aliphatic rings. The largest absolute Gasteiger partial charge is 0.464 e. The van der Waals surface area contributed by atoms with Crippen LogP contribution in [0.25, 0.3) is 0 Å². The van der Waals surface area contributed by atoms with Gasteiger partial charge < -0.3 is 55.4 Å². The van der Waals surface area contributed by atoms with E-state index >= 15 is 9.59 Å². The maximum atomic E-state index is 15.2. The number of carbonyl (C=O) groups excluding carboxylic acids is 8. The number of thiol groups is 1. The number of hydrogen-bond acceptors (Lipinski definition) is 13. The van der Waals surface area contributed by atoms with Gasteiger partial charge >= 0.3 is 5.97 Å². The van der Waals surface area contributed by atoms with Crippen LogP contribution in [0, 0.1) is 23.7 Å². The molecule has 0 aromatic rings. The number of carbonyl (C=O) groups is 8. The zero-order valence-electron chi connectivity index (χ0n) is 55.1. The van der Waals surface area contributed by atoms with Crippen molar-refractivity contribution in [2.24, 2.45) is 29.4 Å². The molecule has 0 aromatic carbocycles. The summed E-state index contributed by atoms with van der Waals surface area (Å²) >= 11 is 4.45. The Kier molecular flexibility index (Phi) is 49.5. The van der Waals surface area contributed by atoms with Crippen molar-refractivity contribution in [3.8, 4) is 0 Å². The van der Waals surface area contributed by atoms with Crippen LogP contribution in [0.2, 0.25) is 0 Å². The maximum Gasteiger partial charge on any atom is 0.305 e. The monoisotopic (exact) mass is 1220 g/mol. The SMILES string of the molecule is CCCCCCCCCCCC(=O)OCCN(CC(=O)N(CC(=O)N(CC(=O)N(CCS)CC(=O)N(CC(N)=O)CC(CC)CCCC)CC(CC)CCCC)CC(CC)CCCC)C(=O)CN(CC(CC)CCCC)C(=O)CNC(CO)CO. The van der Waals surface area contributed by atoms with Crippen molar-refractivity contribution < 1.29 is 53.3 Å². The van der Waals surface area contributed by atoms with Crippen LogP contribution in [-0.4, -0.2) is 204 Å². The van der Waals surface area contributed by atoms with Gasteiger partial charge in [0.25, 0.3) is 0 Å². The molecule has 4 atom stereocenters. The number of nitrogens with two attached hydrogens (primary N) is 1. The van der Waals surface area contributed by atoms with Gasteiger partial charge in [0.2, 0.25) is 41.4 Å². The highest BCUT2D eigenvalue weighted by molar-refractivity contribution is 7.80. The summed E-state index contributed by atoms with van der Waals surface area (Å²) in [5.74, 6) is -3.48. The number of hydrogen-bond donors (Lipinski definition) is 5. The van der Waals surface area contributed by atoms with E-state index in [1.165, 1.54) is 61.5 Å². The lowest BCUT2D eigenvalue weighted by atomic mass is 9.98. The van der Waals surface area contributed by atoms with Gasteiger partial charge in [0, 0.05) is 44.9 Å². The number of unbranched alkanes of at least 4 members (excludes halogenated alkanes) is 12. The normalized spacial score (nSPS) is 12.8. The predicted molar refractivity (Wildman–Crippen MR) is 345 cm³/mol. The molecule has 0 fully saturated rings. The molecular weight excluding hydrogens is 1100 g/mol. The predicted octanol–water partition coefficient (Wildman–Crippen LogP) is 8.65. The van der Waals surface area contributed by atoms with Gasteiger partial charge in [-0.1, -0.05) is 191 Å². The lowest BCUT2D eigenvalue weighted by Crippen LogP contribution is -2.54. The second-order valence-corrected chi connectivity index (χ2v) is 24.3. The van der Waals surface area contributed by atoms with Gasteiger partial charge in [0.05, 0.1) is 71.6 Å². The van der Waals surface area contributed by atoms with Crippen molar-refractivity contribution in [2.45, 2.75) is 235 Å². The lowest BCUT2D eigenvalue weighted by Gasteiger charge is -2.34. The Morgan fingerprint density at radius 2 is 0.741 bits per heavy atom. The molecule has 19 nitrogen and oxygen atoms in total. The molecule has 0 spiro atoms. The molecule has 0 aliphatic carbocycles.